The highest BCUT2D eigenvalue weighted by Gasteiger charge is 2.34. The highest BCUT2D eigenvalue weighted by molar-refractivity contribution is 8.15. The van der Waals surface area contributed by atoms with E-state index in [4.69, 9.17) is 9.84 Å². The van der Waals surface area contributed by atoms with Gasteiger partial charge in [-0.05, 0) is 31.2 Å². The van der Waals surface area contributed by atoms with Crippen molar-refractivity contribution in [3.8, 4) is 5.75 Å². The van der Waals surface area contributed by atoms with Gasteiger partial charge in [0.2, 0.25) is 5.91 Å². The van der Waals surface area contributed by atoms with Crippen LogP contribution in [0, 0.1) is 0 Å². The first-order chi connectivity index (χ1) is 10.0. The number of rotatable bonds is 4. The number of amidine groups is 1. The summed E-state index contributed by atoms with van der Waals surface area (Å²) < 4.78 is 5.07. The zero-order valence-corrected chi connectivity index (χ0v) is 12.6. The van der Waals surface area contributed by atoms with Gasteiger partial charge in [0, 0.05) is 6.54 Å². The Balaban J connectivity index is 2.29. The first-order valence-electron chi connectivity index (χ1n) is 6.47. The van der Waals surface area contributed by atoms with Gasteiger partial charge < -0.3 is 9.84 Å². The van der Waals surface area contributed by atoms with Crippen LogP contribution in [0.4, 0.5) is 5.69 Å². The van der Waals surface area contributed by atoms with E-state index in [1.54, 1.807) is 31.4 Å². The van der Waals surface area contributed by atoms with E-state index in [9.17, 15) is 9.59 Å². The third-order valence-electron chi connectivity index (χ3n) is 3.03. The number of carbonyl (C=O) groups excluding carboxylic acids is 1. The van der Waals surface area contributed by atoms with Gasteiger partial charge in [0.05, 0.1) is 19.2 Å². The van der Waals surface area contributed by atoms with E-state index >= 15 is 0 Å². The molecule has 0 aliphatic carbocycles. The second-order valence-electron chi connectivity index (χ2n) is 4.38. The molecular weight excluding hydrogens is 292 g/mol. The summed E-state index contributed by atoms with van der Waals surface area (Å²) in [6, 6.07) is 7.05. The number of methoxy groups -OCH3 is 1. The molecule has 0 aromatic heterocycles. The van der Waals surface area contributed by atoms with Crippen molar-refractivity contribution in [3.63, 3.8) is 0 Å². The van der Waals surface area contributed by atoms with Gasteiger partial charge >= 0.3 is 5.97 Å². The van der Waals surface area contributed by atoms with Gasteiger partial charge in [0.25, 0.3) is 0 Å². The molecule has 1 N–H and O–H groups in total. The van der Waals surface area contributed by atoms with Crippen LogP contribution in [0.15, 0.2) is 29.3 Å². The number of hydrogen-bond acceptors (Lipinski definition) is 5. The summed E-state index contributed by atoms with van der Waals surface area (Å²) in [4.78, 5) is 29.0. The molecule has 1 amide bonds. The summed E-state index contributed by atoms with van der Waals surface area (Å²) in [7, 11) is 1.58. The Morgan fingerprint density at radius 3 is 2.67 bits per heavy atom. The molecule has 6 nitrogen and oxygen atoms in total. The van der Waals surface area contributed by atoms with Crippen molar-refractivity contribution in [2.75, 3.05) is 13.7 Å². The van der Waals surface area contributed by atoms with E-state index < -0.39 is 11.2 Å². The van der Waals surface area contributed by atoms with Crippen molar-refractivity contribution >= 4 is 34.5 Å². The molecule has 0 bridgehead atoms. The van der Waals surface area contributed by atoms with E-state index in [1.165, 1.54) is 4.90 Å². The second kappa shape index (κ2) is 6.62. The molecule has 21 heavy (non-hydrogen) atoms. The van der Waals surface area contributed by atoms with E-state index in [0.717, 1.165) is 11.8 Å². The number of carboxylic acid groups (broad SMARTS) is 1. The normalized spacial score (nSPS) is 20.7. The van der Waals surface area contributed by atoms with Crippen molar-refractivity contribution in [1.82, 2.24) is 4.90 Å². The van der Waals surface area contributed by atoms with Gasteiger partial charge in [-0.25, -0.2) is 4.99 Å². The van der Waals surface area contributed by atoms with Gasteiger partial charge in [-0.2, -0.15) is 0 Å². The van der Waals surface area contributed by atoms with Gasteiger partial charge in [-0.15, -0.1) is 0 Å². The quantitative estimate of drug-likeness (QED) is 0.921. The van der Waals surface area contributed by atoms with Crippen molar-refractivity contribution in [3.05, 3.63) is 24.3 Å². The number of aliphatic carboxylic acids is 1. The third-order valence-corrected chi connectivity index (χ3v) is 4.20. The number of thioether (sulfide) groups is 1. The van der Waals surface area contributed by atoms with Crippen molar-refractivity contribution in [2.24, 2.45) is 4.99 Å². The minimum Gasteiger partial charge on any atom is -0.497 e. The van der Waals surface area contributed by atoms with Crippen LogP contribution in [0.1, 0.15) is 13.3 Å². The average Bonchev–Trinajstić information content (AvgIpc) is 2.47. The summed E-state index contributed by atoms with van der Waals surface area (Å²) in [6.45, 7) is 2.30. The molecule has 2 rings (SSSR count). The molecule has 1 aromatic rings. The molecule has 0 unspecified atom stereocenters. The van der Waals surface area contributed by atoms with Crippen LogP contribution in [0.5, 0.6) is 5.75 Å². The zero-order chi connectivity index (χ0) is 15.4. The zero-order valence-electron chi connectivity index (χ0n) is 11.8. The fraction of sp³-hybridized carbons (Fsp3) is 0.357. The fourth-order valence-electron chi connectivity index (χ4n) is 1.91. The Hall–Kier alpha value is -2.02. The average molecular weight is 308 g/mol. The summed E-state index contributed by atoms with van der Waals surface area (Å²) in [6.07, 6.45) is -0.00449. The van der Waals surface area contributed by atoms with Gasteiger partial charge in [-0.1, -0.05) is 11.8 Å². The van der Waals surface area contributed by atoms with Gasteiger partial charge in [-0.3, -0.25) is 14.5 Å². The number of nitrogens with zero attached hydrogens (tertiary/aromatic N) is 2. The van der Waals surface area contributed by atoms with Crippen molar-refractivity contribution in [1.29, 1.82) is 0 Å². The molecule has 1 aliphatic heterocycles. The number of hydrogen-bond donors (Lipinski definition) is 1. The molecule has 0 spiro atoms. The SMILES string of the molecule is CCN1C(=O)C[C@@H](C(=O)O)SC1=Nc1ccc(OC)cc1. The second-order valence-corrected chi connectivity index (χ2v) is 5.55. The molecular formula is C14H16N2O4S. The topological polar surface area (TPSA) is 79.2 Å². The molecule has 0 radical (unpaired) electrons. The Kier molecular flexibility index (Phi) is 4.85. The maximum absolute atomic E-state index is 12.0. The number of benzene rings is 1. The minimum absolute atomic E-state index is 0.00449. The molecule has 7 heteroatoms. The summed E-state index contributed by atoms with van der Waals surface area (Å²) >= 11 is 1.11. The molecule has 1 fully saturated rings. The molecule has 1 heterocycles. The molecule has 1 atom stereocenters. The van der Waals surface area contributed by atoms with E-state index in [0.29, 0.717) is 23.1 Å². The predicted octanol–water partition coefficient (Wildman–Crippen LogP) is 2.12. The van der Waals surface area contributed by atoms with E-state index in [2.05, 4.69) is 4.99 Å². The molecule has 112 valence electrons. The van der Waals surface area contributed by atoms with E-state index in [1.807, 2.05) is 6.92 Å². The maximum Gasteiger partial charge on any atom is 0.317 e. The summed E-state index contributed by atoms with van der Waals surface area (Å²) in [5, 5.41) is 8.75. The number of carbonyl (C=O) groups is 2. The lowest BCUT2D eigenvalue weighted by molar-refractivity contribution is -0.139. The first kappa shape index (κ1) is 15.4. The van der Waals surface area contributed by atoms with Crippen LogP contribution < -0.4 is 4.74 Å². The highest BCUT2D eigenvalue weighted by Crippen LogP contribution is 2.29. The van der Waals surface area contributed by atoms with Crippen LogP contribution in [0.2, 0.25) is 0 Å². The van der Waals surface area contributed by atoms with Gasteiger partial charge in [0.1, 0.15) is 11.0 Å². The predicted molar refractivity (Wildman–Crippen MR) is 81.1 cm³/mol. The molecule has 1 aliphatic rings. The monoisotopic (exact) mass is 308 g/mol. The molecule has 1 saturated heterocycles. The lowest BCUT2D eigenvalue weighted by atomic mass is 10.2. The number of aliphatic imine (C=N–C) groups is 1. The summed E-state index contributed by atoms with van der Waals surface area (Å²) in [5.41, 5.74) is 0.649. The lowest BCUT2D eigenvalue weighted by Gasteiger charge is -2.29. The Bertz CT molecular complexity index is 571. The smallest absolute Gasteiger partial charge is 0.317 e. The van der Waals surface area contributed by atoms with Crippen LogP contribution in [-0.2, 0) is 9.59 Å². The number of ether oxygens (including phenoxy) is 1. The Morgan fingerprint density at radius 2 is 2.14 bits per heavy atom. The number of carboxylic acids is 1. The van der Waals surface area contributed by atoms with Gasteiger partial charge in [0.15, 0.2) is 5.17 Å². The fourth-order valence-corrected chi connectivity index (χ4v) is 3.01. The Labute approximate surface area is 126 Å². The van der Waals surface area contributed by atoms with Crippen molar-refractivity contribution < 1.29 is 19.4 Å². The first-order valence-corrected chi connectivity index (χ1v) is 7.35. The highest BCUT2D eigenvalue weighted by atomic mass is 32.2. The minimum atomic E-state index is -0.994. The molecule has 1 aromatic carbocycles. The largest absolute Gasteiger partial charge is 0.497 e. The third kappa shape index (κ3) is 3.55. The Morgan fingerprint density at radius 1 is 1.48 bits per heavy atom. The number of amides is 1. The maximum atomic E-state index is 12.0. The summed E-state index contributed by atoms with van der Waals surface area (Å²) in [5.74, 6) is -0.496. The molecule has 0 saturated carbocycles. The van der Waals surface area contributed by atoms with Crippen molar-refractivity contribution in [2.45, 2.75) is 18.6 Å². The lowest BCUT2D eigenvalue weighted by Crippen LogP contribution is -2.43. The standard InChI is InChI=1S/C14H16N2O4S/c1-3-16-12(17)8-11(13(18)19)21-14(16)15-9-4-6-10(20-2)7-5-9/h4-7,11H,3,8H2,1-2H3,(H,18,19)/t11-/m0/s1. The van der Waals surface area contributed by atoms with Crippen LogP contribution in [0.3, 0.4) is 0 Å². The van der Waals surface area contributed by atoms with Crippen LogP contribution >= 0.6 is 11.8 Å². The van der Waals surface area contributed by atoms with Crippen LogP contribution in [0.25, 0.3) is 0 Å². The van der Waals surface area contributed by atoms with Crippen LogP contribution in [-0.4, -0.2) is 46.0 Å². The van der Waals surface area contributed by atoms with E-state index in [-0.39, 0.29) is 12.3 Å².